The third-order valence-electron chi connectivity index (χ3n) is 3.09. The number of ether oxygens (including phenoxy) is 3. The summed E-state index contributed by atoms with van der Waals surface area (Å²) in [6.07, 6.45) is -0.119. The van der Waals surface area contributed by atoms with Crippen LogP contribution in [0.1, 0.15) is 27.9 Å². The zero-order valence-corrected chi connectivity index (χ0v) is 11.0. The second-order valence-electron chi connectivity index (χ2n) is 4.44. The molecule has 1 fully saturated rings. The van der Waals surface area contributed by atoms with Crippen molar-refractivity contribution in [3.05, 3.63) is 28.8 Å². The Morgan fingerprint density at radius 3 is 2.56 bits per heavy atom. The number of carbonyl (C=O) groups is 1. The van der Waals surface area contributed by atoms with Gasteiger partial charge in [-0.1, -0.05) is 0 Å². The van der Waals surface area contributed by atoms with Gasteiger partial charge >= 0.3 is 0 Å². The van der Waals surface area contributed by atoms with Gasteiger partial charge in [0.25, 0.3) is 0 Å². The average molecular weight is 250 g/mol. The van der Waals surface area contributed by atoms with Crippen LogP contribution in [0.15, 0.2) is 12.1 Å². The molecule has 0 spiro atoms. The van der Waals surface area contributed by atoms with Gasteiger partial charge in [0.15, 0.2) is 12.1 Å². The molecule has 1 aliphatic rings. The SMILES string of the molecule is COc1cc(C)c(C(=O)CC2OCCO2)cc1C. The molecular formula is C14H18O4. The summed E-state index contributed by atoms with van der Waals surface area (Å²) in [5.41, 5.74) is 2.59. The molecule has 0 atom stereocenters. The molecule has 18 heavy (non-hydrogen) atoms. The Morgan fingerprint density at radius 2 is 1.94 bits per heavy atom. The number of ketones is 1. The number of Topliss-reactive ketones (excluding diaryl/α,β-unsaturated/α-hetero) is 1. The molecule has 0 amide bonds. The predicted molar refractivity (Wildman–Crippen MR) is 67.1 cm³/mol. The fourth-order valence-corrected chi connectivity index (χ4v) is 2.10. The van der Waals surface area contributed by atoms with Crippen LogP contribution < -0.4 is 4.74 Å². The molecular weight excluding hydrogens is 232 g/mol. The number of methoxy groups -OCH3 is 1. The van der Waals surface area contributed by atoms with Crippen LogP contribution in [-0.4, -0.2) is 32.4 Å². The van der Waals surface area contributed by atoms with Crippen LogP contribution in [-0.2, 0) is 9.47 Å². The Labute approximate surface area is 107 Å². The number of rotatable bonds is 4. The zero-order chi connectivity index (χ0) is 13.1. The molecule has 0 aromatic heterocycles. The Hall–Kier alpha value is -1.39. The molecule has 4 heteroatoms. The first kappa shape index (κ1) is 13.1. The van der Waals surface area contributed by atoms with Crippen LogP contribution in [0.4, 0.5) is 0 Å². The first-order chi connectivity index (χ1) is 8.61. The lowest BCUT2D eigenvalue weighted by Gasteiger charge is -2.12. The number of carbonyl (C=O) groups excluding carboxylic acids is 1. The normalized spacial score (nSPS) is 15.9. The number of hydrogen-bond acceptors (Lipinski definition) is 4. The van der Waals surface area contributed by atoms with Crippen molar-refractivity contribution in [1.82, 2.24) is 0 Å². The van der Waals surface area contributed by atoms with E-state index in [4.69, 9.17) is 14.2 Å². The highest BCUT2D eigenvalue weighted by Crippen LogP contribution is 2.24. The van der Waals surface area contributed by atoms with Gasteiger partial charge in [-0.15, -0.1) is 0 Å². The van der Waals surface area contributed by atoms with Gasteiger partial charge in [0, 0.05) is 5.56 Å². The molecule has 2 rings (SSSR count). The van der Waals surface area contributed by atoms with Gasteiger partial charge in [0.2, 0.25) is 0 Å². The van der Waals surface area contributed by atoms with Gasteiger partial charge in [0.1, 0.15) is 5.75 Å². The van der Waals surface area contributed by atoms with Crippen LogP contribution in [0.5, 0.6) is 5.75 Å². The minimum atomic E-state index is -0.390. The van der Waals surface area contributed by atoms with Crippen molar-refractivity contribution in [2.75, 3.05) is 20.3 Å². The van der Waals surface area contributed by atoms with Crippen LogP contribution in [0.3, 0.4) is 0 Å². The number of benzene rings is 1. The van der Waals surface area contributed by atoms with Crippen LogP contribution >= 0.6 is 0 Å². The first-order valence-corrected chi connectivity index (χ1v) is 6.03. The lowest BCUT2D eigenvalue weighted by atomic mass is 9.99. The molecule has 0 unspecified atom stereocenters. The van der Waals surface area contributed by atoms with Crippen molar-refractivity contribution in [2.45, 2.75) is 26.6 Å². The minimum absolute atomic E-state index is 0.0464. The Bertz CT molecular complexity index is 447. The van der Waals surface area contributed by atoms with E-state index in [1.165, 1.54) is 0 Å². The van der Waals surface area contributed by atoms with Crippen molar-refractivity contribution >= 4 is 5.78 Å². The first-order valence-electron chi connectivity index (χ1n) is 6.03. The Morgan fingerprint density at radius 1 is 1.28 bits per heavy atom. The summed E-state index contributed by atoms with van der Waals surface area (Å²) >= 11 is 0. The van der Waals surface area contributed by atoms with E-state index < -0.39 is 0 Å². The quantitative estimate of drug-likeness (QED) is 0.769. The number of aryl methyl sites for hydroxylation is 2. The molecule has 1 heterocycles. The van der Waals surface area contributed by atoms with E-state index in [0.29, 0.717) is 18.8 Å². The van der Waals surface area contributed by atoms with Gasteiger partial charge in [-0.25, -0.2) is 0 Å². The maximum absolute atomic E-state index is 12.2. The second-order valence-corrected chi connectivity index (χ2v) is 4.44. The molecule has 0 bridgehead atoms. The molecule has 0 N–H and O–H groups in total. The standard InChI is InChI=1S/C14H18O4/c1-9-7-13(16-3)10(2)6-11(9)12(15)8-14-17-4-5-18-14/h6-7,14H,4-5,8H2,1-3H3. The predicted octanol–water partition coefficient (Wildman–Crippen LogP) is 2.26. The summed E-state index contributed by atoms with van der Waals surface area (Å²) in [5, 5.41) is 0. The highest BCUT2D eigenvalue weighted by Gasteiger charge is 2.22. The van der Waals surface area contributed by atoms with Gasteiger partial charge in [-0.3, -0.25) is 4.79 Å². The van der Waals surface area contributed by atoms with Crippen LogP contribution in [0.25, 0.3) is 0 Å². The average Bonchev–Trinajstić information content (AvgIpc) is 2.84. The number of hydrogen-bond donors (Lipinski definition) is 0. The molecule has 0 aliphatic carbocycles. The summed E-state index contributed by atoms with van der Waals surface area (Å²) in [5.74, 6) is 0.850. The summed E-state index contributed by atoms with van der Waals surface area (Å²) in [6.45, 7) is 4.97. The summed E-state index contributed by atoms with van der Waals surface area (Å²) in [4.78, 5) is 12.2. The second kappa shape index (κ2) is 5.50. The maximum atomic E-state index is 12.2. The molecule has 1 saturated heterocycles. The zero-order valence-electron chi connectivity index (χ0n) is 11.0. The van der Waals surface area contributed by atoms with Crippen LogP contribution in [0, 0.1) is 13.8 Å². The van der Waals surface area contributed by atoms with Crippen molar-refractivity contribution in [1.29, 1.82) is 0 Å². The molecule has 1 aliphatic heterocycles. The highest BCUT2D eigenvalue weighted by atomic mass is 16.7. The van der Waals surface area contributed by atoms with Gasteiger partial charge in [0.05, 0.1) is 26.7 Å². The van der Waals surface area contributed by atoms with E-state index in [1.54, 1.807) is 7.11 Å². The van der Waals surface area contributed by atoms with Gasteiger partial charge in [-0.2, -0.15) is 0 Å². The Balaban J connectivity index is 2.16. The van der Waals surface area contributed by atoms with E-state index in [1.807, 2.05) is 26.0 Å². The monoisotopic (exact) mass is 250 g/mol. The third kappa shape index (κ3) is 2.71. The fraction of sp³-hybridized carbons (Fsp3) is 0.500. The van der Waals surface area contributed by atoms with Crippen molar-refractivity contribution in [3.63, 3.8) is 0 Å². The topological polar surface area (TPSA) is 44.8 Å². The summed E-state index contributed by atoms with van der Waals surface area (Å²) in [6, 6.07) is 3.75. The molecule has 4 nitrogen and oxygen atoms in total. The van der Waals surface area contributed by atoms with Crippen molar-refractivity contribution in [2.24, 2.45) is 0 Å². The van der Waals surface area contributed by atoms with Crippen LogP contribution in [0.2, 0.25) is 0 Å². The van der Waals surface area contributed by atoms with Crippen molar-refractivity contribution < 1.29 is 19.0 Å². The minimum Gasteiger partial charge on any atom is -0.496 e. The van der Waals surface area contributed by atoms with Gasteiger partial charge < -0.3 is 14.2 Å². The highest BCUT2D eigenvalue weighted by molar-refractivity contribution is 5.98. The summed E-state index contributed by atoms with van der Waals surface area (Å²) in [7, 11) is 1.63. The van der Waals surface area contributed by atoms with E-state index in [0.717, 1.165) is 16.9 Å². The largest absolute Gasteiger partial charge is 0.496 e. The fourth-order valence-electron chi connectivity index (χ4n) is 2.10. The maximum Gasteiger partial charge on any atom is 0.168 e. The van der Waals surface area contributed by atoms with E-state index in [2.05, 4.69) is 0 Å². The molecule has 0 saturated carbocycles. The molecule has 98 valence electrons. The van der Waals surface area contributed by atoms with E-state index in [9.17, 15) is 4.79 Å². The Kier molecular flexibility index (Phi) is 3.99. The van der Waals surface area contributed by atoms with Gasteiger partial charge in [-0.05, 0) is 37.1 Å². The van der Waals surface area contributed by atoms with E-state index >= 15 is 0 Å². The van der Waals surface area contributed by atoms with Crippen molar-refractivity contribution in [3.8, 4) is 5.75 Å². The van der Waals surface area contributed by atoms with E-state index in [-0.39, 0.29) is 18.5 Å². The lowest BCUT2D eigenvalue weighted by molar-refractivity contribution is -0.0407. The molecule has 1 aromatic carbocycles. The summed E-state index contributed by atoms with van der Waals surface area (Å²) < 4.78 is 15.8. The third-order valence-corrected chi connectivity index (χ3v) is 3.09. The molecule has 0 radical (unpaired) electrons. The lowest BCUT2D eigenvalue weighted by Crippen LogP contribution is -2.15. The molecule has 1 aromatic rings. The smallest absolute Gasteiger partial charge is 0.168 e.